The van der Waals surface area contributed by atoms with Gasteiger partial charge >= 0.3 is 0 Å². The Bertz CT molecular complexity index is 4650. The van der Waals surface area contributed by atoms with Crippen LogP contribution < -0.4 is 0 Å². The third-order valence-corrected chi connectivity index (χ3v) is 14.8. The van der Waals surface area contributed by atoms with Gasteiger partial charge in [-0.05, 0) is 96.4 Å². The molecule has 14 aromatic rings. The summed E-state index contributed by atoms with van der Waals surface area (Å²) in [7, 11) is 0. The van der Waals surface area contributed by atoms with Gasteiger partial charge in [0, 0.05) is 33.4 Å². The van der Waals surface area contributed by atoms with Crippen LogP contribution in [0.4, 0.5) is 0 Å². The zero-order valence-electron chi connectivity index (χ0n) is 45.3. The van der Waals surface area contributed by atoms with Gasteiger partial charge in [-0.3, -0.25) is 0 Å². The van der Waals surface area contributed by atoms with E-state index in [1.165, 1.54) is 0 Å². The monoisotopic (exact) mass is 1070 g/mol. The Morgan fingerprint density at radius 1 is 0.214 bits per heavy atom. The summed E-state index contributed by atoms with van der Waals surface area (Å²) in [6.45, 7) is 0. The molecule has 0 aliphatic carbocycles. The minimum atomic E-state index is 0.615. The van der Waals surface area contributed by atoms with Crippen molar-refractivity contribution in [3.05, 3.63) is 302 Å². The number of fused-ring (bicyclic) bond motifs is 2. The van der Waals surface area contributed by atoms with Gasteiger partial charge in [0.05, 0.1) is 23.3 Å². The van der Waals surface area contributed by atoms with Crippen LogP contribution in [-0.2, 0) is 0 Å². The molecule has 0 fully saturated rings. The third kappa shape index (κ3) is 10.7. The molecule has 0 amide bonds. The highest BCUT2D eigenvalue weighted by Crippen LogP contribution is 2.43. The standard InChI is InChI=1S/2C38H24N4/c39-25-26-19-21-28(22-20-26)31-16-9-10-18-33(31)34-24-23-27-11-7-8-17-32(27)35(34)38-41-36(29-12-3-1-4-13-29)40-37(42-38)30-14-5-2-6-15-30;39-25-26-18-20-27(21-19-26)31-15-9-16-32(24-31)34-23-22-28-10-7-8-17-33(28)35(34)38-41-36(29-11-3-1-4-12-29)40-37(42-38)30-13-5-2-6-14-30/h2*1-24H. The van der Waals surface area contributed by atoms with E-state index in [9.17, 15) is 10.5 Å². The first-order valence-electron chi connectivity index (χ1n) is 27.5. The van der Waals surface area contributed by atoms with Gasteiger partial charge in [0.2, 0.25) is 0 Å². The molecule has 14 rings (SSSR count). The number of benzene rings is 12. The minimum Gasteiger partial charge on any atom is -0.208 e. The Hall–Kier alpha value is -11.8. The molecule has 8 heteroatoms. The van der Waals surface area contributed by atoms with Crippen LogP contribution in [0, 0.1) is 22.7 Å². The SMILES string of the molecule is N#Cc1ccc(-c2cccc(-c3ccc4ccccc4c3-c3nc(-c4ccccc4)nc(-c4ccccc4)n3)c2)cc1.N#Cc1ccc(-c2ccccc2-c2ccc3ccccc3c2-c2nc(-c3ccccc3)nc(-c3ccccc3)n2)cc1. The van der Waals surface area contributed by atoms with Gasteiger partial charge in [-0.1, -0.05) is 261 Å². The Morgan fingerprint density at radius 3 is 1.01 bits per heavy atom. The van der Waals surface area contributed by atoms with Gasteiger partial charge in [-0.15, -0.1) is 0 Å². The summed E-state index contributed by atoms with van der Waals surface area (Å²) in [5.41, 5.74) is 15.3. The Morgan fingerprint density at radius 2 is 0.560 bits per heavy atom. The van der Waals surface area contributed by atoms with Crippen molar-refractivity contribution >= 4 is 21.5 Å². The molecule has 2 heterocycles. The van der Waals surface area contributed by atoms with Crippen molar-refractivity contribution in [2.75, 3.05) is 0 Å². The first-order chi connectivity index (χ1) is 41.5. The van der Waals surface area contributed by atoms with Crippen molar-refractivity contribution in [2.45, 2.75) is 0 Å². The van der Waals surface area contributed by atoms with Crippen LogP contribution in [0.5, 0.6) is 0 Å². The second-order valence-electron chi connectivity index (χ2n) is 20.0. The van der Waals surface area contributed by atoms with Crippen molar-refractivity contribution in [2.24, 2.45) is 0 Å². The maximum atomic E-state index is 9.34. The topological polar surface area (TPSA) is 125 Å². The Kier molecular flexibility index (Phi) is 14.4. The van der Waals surface area contributed by atoms with E-state index in [0.717, 1.165) is 99.4 Å². The molecule has 0 bridgehead atoms. The summed E-state index contributed by atoms with van der Waals surface area (Å²) in [5.74, 6) is 3.74. The predicted molar refractivity (Wildman–Crippen MR) is 338 cm³/mol. The molecule has 0 aliphatic rings. The fourth-order valence-corrected chi connectivity index (χ4v) is 10.6. The fourth-order valence-electron chi connectivity index (χ4n) is 10.6. The van der Waals surface area contributed by atoms with Crippen molar-refractivity contribution in [1.29, 1.82) is 10.5 Å². The molecule has 392 valence electrons. The molecule has 0 unspecified atom stereocenters. The molecule has 84 heavy (non-hydrogen) atoms. The first kappa shape index (κ1) is 51.6. The van der Waals surface area contributed by atoms with E-state index in [2.05, 4.69) is 127 Å². The van der Waals surface area contributed by atoms with E-state index >= 15 is 0 Å². The van der Waals surface area contributed by atoms with E-state index in [0.29, 0.717) is 46.1 Å². The average molecular weight is 1070 g/mol. The van der Waals surface area contributed by atoms with E-state index < -0.39 is 0 Å². The molecule has 2 aromatic heterocycles. The Balaban J connectivity index is 0.000000157. The van der Waals surface area contributed by atoms with Gasteiger partial charge in [-0.2, -0.15) is 10.5 Å². The molecule has 0 saturated heterocycles. The third-order valence-electron chi connectivity index (χ3n) is 14.8. The second kappa shape index (κ2) is 23.5. The first-order valence-corrected chi connectivity index (χ1v) is 27.5. The van der Waals surface area contributed by atoms with Crippen molar-refractivity contribution < 1.29 is 0 Å². The normalized spacial score (nSPS) is 10.8. The summed E-state index contributed by atoms with van der Waals surface area (Å²) in [5, 5.41) is 22.9. The summed E-state index contributed by atoms with van der Waals surface area (Å²) in [6, 6.07) is 102. The van der Waals surface area contributed by atoms with Crippen LogP contribution in [0.2, 0.25) is 0 Å². The van der Waals surface area contributed by atoms with Gasteiger partial charge < -0.3 is 0 Å². The lowest BCUT2D eigenvalue weighted by atomic mass is 9.88. The minimum absolute atomic E-state index is 0.615. The van der Waals surface area contributed by atoms with Crippen LogP contribution in [0.1, 0.15) is 11.1 Å². The zero-order valence-corrected chi connectivity index (χ0v) is 45.3. The lowest BCUT2D eigenvalue weighted by Crippen LogP contribution is -2.02. The van der Waals surface area contributed by atoms with Crippen LogP contribution >= 0.6 is 0 Å². The average Bonchev–Trinajstić information content (AvgIpc) is 2.08. The van der Waals surface area contributed by atoms with Crippen molar-refractivity contribution in [1.82, 2.24) is 29.9 Å². The predicted octanol–water partition coefficient (Wildman–Crippen LogP) is 18.5. The second-order valence-corrected chi connectivity index (χ2v) is 20.0. The molecule has 12 aromatic carbocycles. The highest BCUT2D eigenvalue weighted by atomic mass is 15.0. The van der Waals surface area contributed by atoms with Gasteiger partial charge in [-0.25, -0.2) is 29.9 Å². The van der Waals surface area contributed by atoms with Crippen molar-refractivity contribution in [3.8, 4) is 125 Å². The molecule has 0 radical (unpaired) electrons. The number of nitriles is 2. The number of aromatic nitrogens is 6. The molecule has 0 atom stereocenters. The van der Waals surface area contributed by atoms with Gasteiger partial charge in [0.25, 0.3) is 0 Å². The number of hydrogen-bond donors (Lipinski definition) is 0. The summed E-state index contributed by atoms with van der Waals surface area (Å²) < 4.78 is 0. The summed E-state index contributed by atoms with van der Waals surface area (Å²) >= 11 is 0. The summed E-state index contributed by atoms with van der Waals surface area (Å²) in [6.07, 6.45) is 0. The van der Waals surface area contributed by atoms with Crippen LogP contribution in [0.3, 0.4) is 0 Å². The number of rotatable bonds is 10. The van der Waals surface area contributed by atoms with Crippen LogP contribution in [-0.4, -0.2) is 29.9 Å². The molecular formula is C76H48N8. The zero-order chi connectivity index (χ0) is 56.6. The smallest absolute Gasteiger partial charge is 0.165 e. The van der Waals surface area contributed by atoms with E-state index in [1.807, 2.05) is 176 Å². The van der Waals surface area contributed by atoms with E-state index in [4.69, 9.17) is 29.9 Å². The molecule has 0 aliphatic heterocycles. The largest absolute Gasteiger partial charge is 0.208 e. The highest BCUT2D eigenvalue weighted by molar-refractivity contribution is 6.06. The van der Waals surface area contributed by atoms with Gasteiger partial charge in [0.1, 0.15) is 0 Å². The summed E-state index contributed by atoms with van der Waals surface area (Å²) in [4.78, 5) is 30.2. The van der Waals surface area contributed by atoms with E-state index in [1.54, 1.807) is 0 Å². The fraction of sp³-hybridized carbons (Fsp3) is 0. The quantitative estimate of drug-likeness (QED) is 0.133. The molecule has 0 N–H and O–H groups in total. The maximum Gasteiger partial charge on any atom is 0.165 e. The number of hydrogen-bond acceptors (Lipinski definition) is 8. The molecular weight excluding hydrogens is 1020 g/mol. The van der Waals surface area contributed by atoms with Crippen molar-refractivity contribution in [3.63, 3.8) is 0 Å². The maximum absolute atomic E-state index is 9.34. The molecule has 8 nitrogen and oxygen atoms in total. The van der Waals surface area contributed by atoms with E-state index in [-0.39, 0.29) is 0 Å². The lowest BCUT2D eigenvalue weighted by Gasteiger charge is -2.17. The van der Waals surface area contributed by atoms with Gasteiger partial charge in [0.15, 0.2) is 34.9 Å². The lowest BCUT2D eigenvalue weighted by molar-refractivity contribution is 1.08. The highest BCUT2D eigenvalue weighted by Gasteiger charge is 2.22. The number of nitrogens with zero attached hydrogens (tertiary/aromatic N) is 8. The molecule has 0 spiro atoms. The van der Waals surface area contributed by atoms with Crippen LogP contribution in [0.15, 0.2) is 291 Å². The van der Waals surface area contributed by atoms with Crippen LogP contribution in [0.25, 0.3) is 134 Å². The molecule has 0 saturated carbocycles. The Labute approximate surface area is 486 Å².